The third-order valence-electron chi connectivity index (χ3n) is 3.55. The molecule has 1 aliphatic heterocycles. The highest BCUT2D eigenvalue weighted by atomic mass is 35.5. The third kappa shape index (κ3) is 3.26. The van der Waals surface area contributed by atoms with Gasteiger partial charge in [0.2, 0.25) is 15.0 Å². The second-order valence-corrected chi connectivity index (χ2v) is 7.58. The van der Waals surface area contributed by atoms with Crippen LogP contribution in [0.15, 0.2) is 29.7 Å². The Kier molecular flexibility index (Phi) is 4.12. The molecule has 6 nitrogen and oxygen atoms in total. The van der Waals surface area contributed by atoms with Crippen LogP contribution >= 0.6 is 11.6 Å². The van der Waals surface area contributed by atoms with Gasteiger partial charge in [0.15, 0.2) is 0 Å². The van der Waals surface area contributed by atoms with Crippen LogP contribution in [0.1, 0.15) is 16.8 Å². The maximum Gasteiger partial charge on any atom is 0.246 e. The Morgan fingerprint density at radius 1 is 1.36 bits per heavy atom. The molecule has 0 N–H and O–H groups in total. The van der Waals surface area contributed by atoms with Gasteiger partial charge in [-0.25, -0.2) is 23.4 Å². The molecule has 22 heavy (non-hydrogen) atoms. The lowest BCUT2D eigenvalue weighted by molar-refractivity contribution is 0.242. The quantitative estimate of drug-likeness (QED) is 0.623. The van der Waals surface area contributed by atoms with Gasteiger partial charge in [-0.2, -0.15) is 0 Å². The Morgan fingerprint density at radius 2 is 2.18 bits per heavy atom. The van der Waals surface area contributed by atoms with E-state index < -0.39 is 9.84 Å². The molecular weight excluding hydrogens is 324 g/mol. The Labute approximate surface area is 134 Å². The van der Waals surface area contributed by atoms with Gasteiger partial charge in [-0.3, -0.25) is 4.90 Å². The number of hydrogen-bond donors (Lipinski definition) is 0. The van der Waals surface area contributed by atoms with Crippen molar-refractivity contribution in [3.8, 4) is 0 Å². The smallest absolute Gasteiger partial charge is 0.246 e. The highest BCUT2D eigenvalue weighted by Gasteiger charge is 2.21. The van der Waals surface area contributed by atoms with E-state index in [0.29, 0.717) is 24.7 Å². The van der Waals surface area contributed by atoms with E-state index >= 15 is 0 Å². The number of nitrogens with zero attached hydrogens (tertiary/aromatic N) is 4. The highest BCUT2D eigenvalue weighted by molar-refractivity contribution is 7.90. The molecular formula is C14H15ClN4O2S. The molecule has 0 unspecified atom stereocenters. The molecule has 2 aromatic rings. The summed E-state index contributed by atoms with van der Waals surface area (Å²) in [6.07, 6.45) is 5.08. The van der Waals surface area contributed by atoms with Gasteiger partial charge in [-0.15, -0.1) is 0 Å². The molecule has 0 aliphatic carbocycles. The molecule has 0 amide bonds. The van der Waals surface area contributed by atoms with Crippen LogP contribution in [-0.4, -0.2) is 41.1 Å². The Hall–Kier alpha value is -1.57. The molecule has 0 atom stereocenters. The zero-order valence-corrected chi connectivity index (χ0v) is 13.6. The number of rotatable bonds is 3. The van der Waals surface area contributed by atoms with Crippen molar-refractivity contribution in [1.82, 2.24) is 19.9 Å². The van der Waals surface area contributed by atoms with Crippen LogP contribution < -0.4 is 0 Å². The molecule has 1 aliphatic rings. The monoisotopic (exact) mass is 338 g/mol. The zero-order chi connectivity index (χ0) is 15.7. The first-order valence-corrected chi connectivity index (χ1v) is 9.07. The predicted molar refractivity (Wildman–Crippen MR) is 82.2 cm³/mol. The van der Waals surface area contributed by atoms with Crippen molar-refractivity contribution in [2.45, 2.75) is 24.7 Å². The van der Waals surface area contributed by atoms with Gasteiger partial charge < -0.3 is 0 Å². The first-order valence-electron chi connectivity index (χ1n) is 6.80. The summed E-state index contributed by atoms with van der Waals surface area (Å²) in [6, 6.07) is 3.81. The lowest BCUT2D eigenvalue weighted by atomic mass is 10.1. The maximum absolute atomic E-state index is 11.5. The van der Waals surface area contributed by atoms with Gasteiger partial charge in [-0.05, 0) is 6.07 Å². The van der Waals surface area contributed by atoms with E-state index in [1.165, 1.54) is 0 Å². The van der Waals surface area contributed by atoms with Crippen LogP contribution in [0.2, 0.25) is 5.15 Å². The summed E-state index contributed by atoms with van der Waals surface area (Å²) in [4.78, 5) is 14.4. The van der Waals surface area contributed by atoms with E-state index in [9.17, 15) is 8.42 Å². The molecule has 0 fully saturated rings. The second-order valence-electron chi connectivity index (χ2n) is 5.31. The molecule has 0 spiro atoms. The summed E-state index contributed by atoms with van der Waals surface area (Å²) in [6.45, 7) is 2.16. The number of pyridine rings is 1. The van der Waals surface area contributed by atoms with Gasteiger partial charge in [0.05, 0.1) is 5.69 Å². The van der Waals surface area contributed by atoms with Crippen molar-refractivity contribution < 1.29 is 8.42 Å². The fourth-order valence-electron chi connectivity index (χ4n) is 2.45. The molecule has 2 aromatic heterocycles. The fraction of sp³-hybridized carbons (Fsp3) is 0.357. The van der Waals surface area contributed by atoms with E-state index in [4.69, 9.17) is 11.6 Å². The fourth-order valence-corrected chi connectivity index (χ4v) is 3.15. The van der Waals surface area contributed by atoms with Crippen molar-refractivity contribution in [2.24, 2.45) is 0 Å². The summed E-state index contributed by atoms with van der Waals surface area (Å²) in [7, 11) is -3.37. The summed E-state index contributed by atoms with van der Waals surface area (Å²) < 4.78 is 23.0. The van der Waals surface area contributed by atoms with Gasteiger partial charge >= 0.3 is 0 Å². The van der Waals surface area contributed by atoms with Gasteiger partial charge in [-0.1, -0.05) is 17.7 Å². The number of fused-ring (bicyclic) bond motifs is 1. The van der Waals surface area contributed by atoms with Gasteiger partial charge in [0.25, 0.3) is 0 Å². The SMILES string of the molecule is CS(=O)(=O)c1ncc2c(n1)CCN(Cc1cccnc1Cl)C2. The lowest BCUT2D eigenvalue weighted by Crippen LogP contribution is -2.31. The van der Waals surface area contributed by atoms with Crippen LogP contribution in [-0.2, 0) is 29.3 Å². The average Bonchev–Trinajstić information content (AvgIpc) is 2.48. The normalized spacial score (nSPS) is 15.5. The predicted octanol–water partition coefficient (Wildman–Crippen LogP) is 1.49. The van der Waals surface area contributed by atoms with E-state index in [2.05, 4.69) is 19.9 Å². The molecule has 0 bridgehead atoms. The van der Waals surface area contributed by atoms with Crippen LogP contribution in [0.5, 0.6) is 0 Å². The Bertz CT molecular complexity index is 810. The third-order valence-corrected chi connectivity index (χ3v) is 4.75. The van der Waals surface area contributed by atoms with Crippen molar-refractivity contribution >= 4 is 21.4 Å². The number of aromatic nitrogens is 3. The second kappa shape index (κ2) is 5.91. The molecule has 0 saturated carbocycles. The van der Waals surface area contributed by atoms with E-state index in [1.807, 2.05) is 12.1 Å². The molecule has 0 radical (unpaired) electrons. The Morgan fingerprint density at radius 3 is 2.91 bits per heavy atom. The van der Waals surface area contributed by atoms with Crippen molar-refractivity contribution in [3.05, 3.63) is 46.5 Å². The van der Waals surface area contributed by atoms with E-state index in [1.54, 1.807) is 12.4 Å². The molecule has 3 rings (SSSR count). The first kappa shape index (κ1) is 15.3. The summed E-state index contributed by atoms with van der Waals surface area (Å²) in [5.41, 5.74) is 2.74. The minimum absolute atomic E-state index is 0.102. The van der Waals surface area contributed by atoms with Gasteiger partial charge in [0, 0.05) is 55.8 Å². The number of hydrogen-bond acceptors (Lipinski definition) is 6. The van der Waals surface area contributed by atoms with E-state index in [0.717, 1.165) is 29.6 Å². The van der Waals surface area contributed by atoms with Crippen LogP contribution in [0, 0.1) is 0 Å². The standard InChI is InChI=1S/C14H15ClN4O2S/c1-22(20,21)14-17-7-11-9-19(6-4-12(11)18-14)8-10-3-2-5-16-13(10)15/h2-3,5,7H,4,6,8-9H2,1H3. The van der Waals surface area contributed by atoms with E-state index in [-0.39, 0.29) is 5.16 Å². The lowest BCUT2D eigenvalue weighted by Gasteiger charge is -2.28. The maximum atomic E-state index is 11.5. The summed E-state index contributed by atoms with van der Waals surface area (Å²) >= 11 is 6.09. The van der Waals surface area contributed by atoms with Crippen LogP contribution in [0.4, 0.5) is 0 Å². The molecule has 116 valence electrons. The summed E-state index contributed by atoms with van der Waals surface area (Å²) in [5, 5.41) is 0.409. The van der Waals surface area contributed by atoms with Crippen molar-refractivity contribution in [2.75, 3.05) is 12.8 Å². The van der Waals surface area contributed by atoms with Crippen molar-refractivity contribution in [3.63, 3.8) is 0 Å². The molecule has 0 aromatic carbocycles. The highest BCUT2D eigenvalue weighted by Crippen LogP contribution is 2.21. The molecule has 8 heteroatoms. The first-order chi connectivity index (χ1) is 10.4. The molecule has 0 saturated heterocycles. The van der Waals surface area contributed by atoms with Gasteiger partial charge in [0.1, 0.15) is 5.15 Å². The number of sulfone groups is 1. The Balaban J connectivity index is 1.79. The zero-order valence-electron chi connectivity index (χ0n) is 12.0. The summed E-state index contributed by atoms with van der Waals surface area (Å²) in [5.74, 6) is 0. The number of halogens is 1. The average molecular weight is 339 g/mol. The minimum atomic E-state index is -3.37. The largest absolute Gasteiger partial charge is 0.294 e. The molecule has 3 heterocycles. The topological polar surface area (TPSA) is 76.1 Å². The van der Waals surface area contributed by atoms with Crippen molar-refractivity contribution in [1.29, 1.82) is 0 Å². The van der Waals surface area contributed by atoms with Crippen LogP contribution in [0.25, 0.3) is 0 Å². The minimum Gasteiger partial charge on any atom is -0.294 e. The van der Waals surface area contributed by atoms with Crippen LogP contribution in [0.3, 0.4) is 0 Å².